The molecule has 0 saturated heterocycles. The Balaban J connectivity index is 3.97. The van der Waals surface area contributed by atoms with E-state index in [1.165, 1.54) is 0 Å². The molecule has 0 aromatic heterocycles. The Kier molecular flexibility index (Phi) is 4.89. The molecular weight excluding hydrogens is 180 g/mol. The summed E-state index contributed by atoms with van der Waals surface area (Å²) in [5, 5.41) is 8.79. The maximum Gasteiger partial charge on any atom is 0.192 e. The third-order valence-electron chi connectivity index (χ3n) is 2.62. The predicted molar refractivity (Wildman–Crippen MR) is 59.4 cm³/mol. The van der Waals surface area contributed by atoms with Crippen LogP contribution in [0.3, 0.4) is 0 Å². The van der Waals surface area contributed by atoms with E-state index in [9.17, 15) is 0 Å². The van der Waals surface area contributed by atoms with Crippen LogP contribution in [-0.4, -0.2) is 26.6 Å². The van der Waals surface area contributed by atoms with Crippen molar-refractivity contribution in [3.63, 3.8) is 0 Å². The minimum Gasteiger partial charge on any atom is -0.413 e. The van der Waals surface area contributed by atoms with Crippen molar-refractivity contribution in [2.24, 2.45) is 0 Å². The summed E-state index contributed by atoms with van der Waals surface area (Å²) < 4.78 is 5.84. The molecule has 0 spiro atoms. The lowest BCUT2D eigenvalue weighted by Gasteiger charge is -2.35. The molecule has 0 aliphatic rings. The van der Waals surface area contributed by atoms with Crippen molar-refractivity contribution in [3.05, 3.63) is 12.2 Å². The van der Waals surface area contributed by atoms with Crippen LogP contribution < -0.4 is 0 Å². The van der Waals surface area contributed by atoms with E-state index in [1.807, 2.05) is 6.08 Å². The number of rotatable bonds is 4. The highest BCUT2D eigenvalue weighted by Gasteiger charge is 2.36. The van der Waals surface area contributed by atoms with E-state index in [0.29, 0.717) is 6.61 Å². The summed E-state index contributed by atoms with van der Waals surface area (Å²) in [7, 11) is -1.59. The summed E-state index contributed by atoms with van der Waals surface area (Å²) >= 11 is 0. The van der Waals surface area contributed by atoms with Gasteiger partial charge in [0.15, 0.2) is 8.32 Å². The van der Waals surface area contributed by atoms with Gasteiger partial charge in [0.05, 0.1) is 13.2 Å². The molecule has 78 valence electrons. The zero-order chi connectivity index (χ0) is 10.5. The van der Waals surface area contributed by atoms with Crippen LogP contribution in [-0.2, 0) is 4.43 Å². The summed E-state index contributed by atoms with van der Waals surface area (Å²) in [4.78, 5) is 0. The molecule has 2 nitrogen and oxygen atoms in total. The fraction of sp³-hybridized carbons (Fsp3) is 0.800. The molecule has 0 aromatic rings. The molecule has 3 heteroatoms. The second kappa shape index (κ2) is 4.93. The zero-order valence-electron chi connectivity index (χ0n) is 9.42. The highest BCUT2D eigenvalue weighted by molar-refractivity contribution is 6.74. The van der Waals surface area contributed by atoms with Gasteiger partial charge >= 0.3 is 0 Å². The molecule has 0 aromatic carbocycles. The lowest BCUT2D eigenvalue weighted by atomic mass is 10.2. The van der Waals surface area contributed by atoms with Gasteiger partial charge in [-0.1, -0.05) is 32.9 Å². The van der Waals surface area contributed by atoms with Crippen molar-refractivity contribution in [2.45, 2.75) is 38.9 Å². The molecule has 1 N–H and O–H groups in total. The van der Waals surface area contributed by atoms with Gasteiger partial charge in [0.1, 0.15) is 0 Å². The van der Waals surface area contributed by atoms with Gasteiger partial charge in [-0.25, -0.2) is 0 Å². The number of aliphatic hydroxyl groups excluding tert-OH is 1. The molecular formula is C10H22O2Si. The lowest BCUT2D eigenvalue weighted by Crippen LogP contribution is -2.40. The van der Waals surface area contributed by atoms with Crippen LogP contribution in [0.5, 0.6) is 0 Å². The zero-order valence-corrected chi connectivity index (χ0v) is 10.4. The van der Waals surface area contributed by atoms with E-state index in [4.69, 9.17) is 9.53 Å². The van der Waals surface area contributed by atoms with Crippen LogP contribution >= 0.6 is 0 Å². The highest BCUT2D eigenvalue weighted by Crippen LogP contribution is 2.36. The molecule has 0 fully saturated rings. The minimum absolute atomic E-state index is 0.0981. The number of hydrogen-bond donors (Lipinski definition) is 1. The molecule has 0 aliphatic heterocycles. The van der Waals surface area contributed by atoms with Crippen LogP contribution in [0.4, 0.5) is 0 Å². The van der Waals surface area contributed by atoms with E-state index in [0.717, 1.165) is 0 Å². The van der Waals surface area contributed by atoms with Crippen LogP contribution in [0.1, 0.15) is 20.8 Å². The average Bonchev–Trinajstić information content (AvgIpc) is 1.96. The van der Waals surface area contributed by atoms with Gasteiger partial charge in [-0.2, -0.15) is 0 Å². The smallest absolute Gasteiger partial charge is 0.192 e. The Hall–Kier alpha value is -0.123. The first-order valence-electron chi connectivity index (χ1n) is 4.71. The molecule has 0 amide bonds. The largest absolute Gasteiger partial charge is 0.413 e. The van der Waals surface area contributed by atoms with Crippen LogP contribution in [0, 0.1) is 0 Å². The van der Waals surface area contributed by atoms with Crippen molar-refractivity contribution in [2.75, 3.05) is 13.2 Å². The van der Waals surface area contributed by atoms with Gasteiger partial charge in [-0.3, -0.25) is 0 Å². The molecule has 0 unspecified atom stereocenters. The van der Waals surface area contributed by atoms with E-state index < -0.39 is 8.32 Å². The second-order valence-corrected chi connectivity index (χ2v) is 9.53. The van der Waals surface area contributed by atoms with E-state index in [2.05, 4.69) is 33.9 Å². The van der Waals surface area contributed by atoms with Gasteiger partial charge in [-0.15, -0.1) is 0 Å². The van der Waals surface area contributed by atoms with Crippen molar-refractivity contribution < 1.29 is 9.53 Å². The Labute approximate surface area is 82.7 Å². The van der Waals surface area contributed by atoms with Gasteiger partial charge < -0.3 is 9.53 Å². The highest BCUT2D eigenvalue weighted by atomic mass is 28.4. The second-order valence-electron chi connectivity index (χ2n) is 4.73. The van der Waals surface area contributed by atoms with E-state index >= 15 is 0 Å². The quantitative estimate of drug-likeness (QED) is 0.561. The number of aliphatic hydroxyl groups is 1. The molecule has 0 saturated carbocycles. The third-order valence-corrected chi connectivity index (χ3v) is 7.12. The van der Waals surface area contributed by atoms with Crippen molar-refractivity contribution >= 4 is 8.32 Å². The summed E-state index contributed by atoms with van der Waals surface area (Å²) in [6, 6.07) is 0. The summed E-state index contributed by atoms with van der Waals surface area (Å²) in [6.07, 6.45) is 3.59. The summed E-state index contributed by atoms with van der Waals surface area (Å²) in [5.74, 6) is 0. The van der Waals surface area contributed by atoms with Gasteiger partial charge in [0.25, 0.3) is 0 Å². The first-order valence-corrected chi connectivity index (χ1v) is 7.62. The maximum atomic E-state index is 8.52. The molecule has 13 heavy (non-hydrogen) atoms. The van der Waals surface area contributed by atoms with E-state index in [-0.39, 0.29) is 11.6 Å². The normalized spacial score (nSPS) is 14.0. The van der Waals surface area contributed by atoms with Crippen molar-refractivity contribution in [1.29, 1.82) is 0 Å². The van der Waals surface area contributed by atoms with Crippen molar-refractivity contribution in [1.82, 2.24) is 0 Å². The molecule has 0 aliphatic carbocycles. The maximum absolute atomic E-state index is 8.52. The Bertz CT molecular complexity index is 168. The third kappa shape index (κ3) is 4.60. The standard InChI is InChI=1S/C10H22O2Si/c1-10(2,3)13(4,5)12-9-7-6-8-11/h6-7,11H,8-9H2,1-5H3/b7-6-. The first kappa shape index (κ1) is 12.9. The fourth-order valence-corrected chi connectivity index (χ4v) is 1.56. The molecule has 0 heterocycles. The predicted octanol–water partition coefficient (Wildman–Crippen LogP) is 2.56. The molecule has 0 bridgehead atoms. The monoisotopic (exact) mass is 202 g/mol. The van der Waals surface area contributed by atoms with Crippen LogP contribution in [0.25, 0.3) is 0 Å². The SMILES string of the molecule is CC(C)(C)[Si](C)(C)OC/C=C\CO. The topological polar surface area (TPSA) is 29.5 Å². The average molecular weight is 202 g/mol. The summed E-state index contributed by atoms with van der Waals surface area (Å²) in [5.41, 5.74) is 0. The van der Waals surface area contributed by atoms with Gasteiger partial charge in [0, 0.05) is 0 Å². The Morgan fingerprint density at radius 2 is 1.77 bits per heavy atom. The molecule has 0 atom stereocenters. The molecule has 0 rings (SSSR count). The van der Waals surface area contributed by atoms with Crippen LogP contribution in [0.15, 0.2) is 12.2 Å². The summed E-state index contributed by atoms with van der Waals surface area (Å²) in [6.45, 7) is 11.8. The minimum atomic E-state index is -1.59. The van der Waals surface area contributed by atoms with Crippen LogP contribution in [0.2, 0.25) is 18.1 Å². The Morgan fingerprint density at radius 1 is 1.23 bits per heavy atom. The molecule has 0 radical (unpaired) electrons. The Morgan fingerprint density at radius 3 is 2.15 bits per heavy atom. The van der Waals surface area contributed by atoms with Crippen molar-refractivity contribution in [3.8, 4) is 0 Å². The lowest BCUT2D eigenvalue weighted by molar-refractivity contribution is 0.321. The fourth-order valence-electron chi connectivity index (χ4n) is 0.616. The van der Waals surface area contributed by atoms with E-state index in [1.54, 1.807) is 6.08 Å². The van der Waals surface area contributed by atoms with Gasteiger partial charge in [0.2, 0.25) is 0 Å². The number of hydrogen-bond acceptors (Lipinski definition) is 2. The van der Waals surface area contributed by atoms with Gasteiger partial charge in [-0.05, 0) is 18.1 Å². The first-order chi connectivity index (χ1) is 5.81.